The molecule has 0 unspecified atom stereocenters. The predicted molar refractivity (Wildman–Crippen MR) is 146 cm³/mol. The molecular weight excluding hydrogens is 372 g/mol. The van der Waals surface area contributed by atoms with Crippen LogP contribution in [0.25, 0.3) is 32.7 Å². The predicted octanol–water partition coefficient (Wildman–Crippen LogP) is 9.95. The molecule has 0 nitrogen and oxygen atoms in total. The van der Waals surface area contributed by atoms with Gasteiger partial charge < -0.3 is 0 Å². The van der Waals surface area contributed by atoms with Gasteiger partial charge in [-0.2, -0.15) is 0 Å². The zero-order chi connectivity index (χ0) is 23.2. The van der Waals surface area contributed by atoms with Crippen molar-refractivity contribution in [2.45, 2.75) is 34.6 Å². The van der Waals surface area contributed by atoms with E-state index in [-0.39, 0.29) is 0 Å². The fourth-order valence-corrected chi connectivity index (χ4v) is 3.58. The molecule has 0 aliphatic rings. The van der Waals surface area contributed by atoms with Crippen molar-refractivity contribution in [2.24, 2.45) is 0 Å². The number of hydrogen-bond donors (Lipinski definition) is 0. The van der Waals surface area contributed by atoms with Crippen LogP contribution in [0.3, 0.4) is 0 Å². The van der Waals surface area contributed by atoms with Gasteiger partial charge >= 0.3 is 0 Å². The second-order valence-corrected chi connectivity index (χ2v) is 6.25. The molecule has 0 aromatic heterocycles. The number of fused-ring (bicyclic) bond motifs is 2. The molecule has 0 atom stereocenters. The quantitative estimate of drug-likeness (QED) is 0.281. The second kappa shape index (κ2) is 13.8. The van der Waals surface area contributed by atoms with Crippen molar-refractivity contribution >= 4 is 32.7 Å². The maximum atomic E-state index is 4.06. The molecule has 0 saturated heterocycles. The second-order valence-electron chi connectivity index (χ2n) is 6.25. The SMILES string of the molecule is C=C/C=C(\C=C)c1c2ccccc2c(/C(C=C)=C/C=C\C)c2ccccc12.CC.CC. The Labute approximate surface area is 189 Å². The van der Waals surface area contributed by atoms with E-state index in [0.717, 1.165) is 11.1 Å². The van der Waals surface area contributed by atoms with Crippen LogP contribution in [-0.4, -0.2) is 0 Å². The normalized spacial score (nSPS) is 11.4. The van der Waals surface area contributed by atoms with Crippen molar-refractivity contribution in [2.75, 3.05) is 0 Å². The van der Waals surface area contributed by atoms with E-state index in [1.165, 1.54) is 32.7 Å². The summed E-state index contributed by atoms with van der Waals surface area (Å²) in [6, 6.07) is 17.1. The summed E-state index contributed by atoms with van der Waals surface area (Å²) in [6.07, 6.45) is 13.9. The maximum absolute atomic E-state index is 4.06. The lowest BCUT2D eigenvalue weighted by Crippen LogP contribution is -1.94. The lowest BCUT2D eigenvalue weighted by molar-refractivity contribution is 1.50. The fourth-order valence-electron chi connectivity index (χ4n) is 3.58. The third kappa shape index (κ3) is 5.61. The molecule has 3 rings (SSSR count). The van der Waals surface area contributed by atoms with Crippen LogP contribution in [0.15, 0.2) is 111 Å². The largest absolute Gasteiger partial charge is 0.0990 e. The molecule has 0 N–H and O–H groups in total. The zero-order valence-electron chi connectivity index (χ0n) is 19.8. The third-order valence-corrected chi connectivity index (χ3v) is 4.71. The molecular formula is C31H36. The zero-order valence-corrected chi connectivity index (χ0v) is 19.8. The number of benzene rings is 3. The Morgan fingerprint density at radius 3 is 1.26 bits per heavy atom. The Balaban J connectivity index is 0.00000113. The highest BCUT2D eigenvalue weighted by Gasteiger charge is 2.16. The number of hydrogen-bond acceptors (Lipinski definition) is 0. The Hall–Kier alpha value is -3.38. The van der Waals surface area contributed by atoms with Gasteiger partial charge in [0, 0.05) is 0 Å². The van der Waals surface area contributed by atoms with E-state index in [9.17, 15) is 0 Å². The van der Waals surface area contributed by atoms with E-state index in [0.29, 0.717) is 0 Å². The summed E-state index contributed by atoms with van der Waals surface area (Å²) in [7, 11) is 0. The van der Waals surface area contributed by atoms with Gasteiger partial charge in [-0.15, -0.1) is 0 Å². The molecule has 0 radical (unpaired) electrons. The van der Waals surface area contributed by atoms with Gasteiger partial charge in [-0.1, -0.05) is 138 Å². The van der Waals surface area contributed by atoms with Crippen molar-refractivity contribution in [3.63, 3.8) is 0 Å². The van der Waals surface area contributed by atoms with Crippen molar-refractivity contribution < 1.29 is 0 Å². The Kier molecular flexibility index (Phi) is 11.4. The monoisotopic (exact) mass is 408 g/mol. The minimum atomic E-state index is 1.07. The minimum absolute atomic E-state index is 1.07. The van der Waals surface area contributed by atoms with E-state index in [1.807, 2.05) is 65.0 Å². The molecule has 0 heterocycles. The highest BCUT2D eigenvalue weighted by atomic mass is 14.2. The molecule has 0 saturated carbocycles. The molecule has 160 valence electrons. The number of rotatable bonds is 6. The molecule has 3 aromatic rings. The van der Waals surface area contributed by atoms with Crippen molar-refractivity contribution in [1.29, 1.82) is 0 Å². The molecule has 31 heavy (non-hydrogen) atoms. The minimum Gasteiger partial charge on any atom is -0.0990 e. The van der Waals surface area contributed by atoms with Gasteiger partial charge in [0.25, 0.3) is 0 Å². The molecule has 0 amide bonds. The van der Waals surface area contributed by atoms with E-state index in [4.69, 9.17) is 0 Å². The summed E-state index contributed by atoms with van der Waals surface area (Å²) < 4.78 is 0. The standard InChI is InChI=1S/C27H24.2C2H6/c1-5-9-15-21(8-4)27-24-18-12-10-16-22(24)26(20(7-3)14-6-2)23-17-11-13-19-25(23)27;2*1-2/h5-19H,2-4H2,1H3;2*1-2H3/b9-5-,20-14+,21-15+;;. The molecule has 0 bridgehead atoms. The summed E-state index contributed by atoms with van der Waals surface area (Å²) in [5.74, 6) is 0. The lowest BCUT2D eigenvalue weighted by Gasteiger charge is -2.18. The molecule has 0 aliphatic carbocycles. The van der Waals surface area contributed by atoms with E-state index >= 15 is 0 Å². The maximum Gasteiger partial charge on any atom is -0.00266 e. The third-order valence-electron chi connectivity index (χ3n) is 4.71. The van der Waals surface area contributed by atoms with Gasteiger partial charge in [0.1, 0.15) is 0 Å². The van der Waals surface area contributed by atoms with Gasteiger partial charge in [0.05, 0.1) is 0 Å². The molecule has 0 fully saturated rings. The Morgan fingerprint density at radius 1 is 0.613 bits per heavy atom. The Bertz CT molecular complexity index is 1060. The average Bonchev–Trinajstić information content (AvgIpc) is 2.85. The van der Waals surface area contributed by atoms with Gasteiger partial charge in [-0.05, 0) is 50.7 Å². The van der Waals surface area contributed by atoms with Crippen molar-refractivity contribution in [1.82, 2.24) is 0 Å². The van der Waals surface area contributed by atoms with E-state index in [2.05, 4.69) is 80.4 Å². The van der Waals surface area contributed by atoms with Crippen LogP contribution in [0.4, 0.5) is 0 Å². The first-order chi connectivity index (χ1) is 15.3. The highest BCUT2D eigenvalue weighted by molar-refractivity contribution is 6.17. The summed E-state index contributed by atoms with van der Waals surface area (Å²) in [6.45, 7) is 22.0. The first-order valence-corrected chi connectivity index (χ1v) is 11.1. The van der Waals surface area contributed by atoms with Gasteiger partial charge in [0.15, 0.2) is 0 Å². The first-order valence-electron chi connectivity index (χ1n) is 11.1. The fraction of sp³-hybridized carbons (Fsp3) is 0.161. The Morgan fingerprint density at radius 2 is 0.968 bits per heavy atom. The number of allylic oxidation sites excluding steroid dienone is 9. The average molecular weight is 409 g/mol. The van der Waals surface area contributed by atoms with Crippen molar-refractivity contribution in [3.8, 4) is 0 Å². The lowest BCUT2D eigenvalue weighted by atomic mass is 9.85. The highest BCUT2D eigenvalue weighted by Crippen LogP contribution is 2.40. The van der Waals surface area contributed by atoms with Gasteiger partial charge in [-0.3, -0.25) is 0 Å². The summed E-state index contributed by atoms with van der Waals surface area (Å²) in [4.78, 5) is 0. The van der Waals surface area contributed by atoms with E-state index in [1.54, 1.807) is 0 Å². The van der Waals surface area contributed by atoms with Crippen LogP contribution in [-0.2, 0) is 0 Å². The van der Waals surface area contributed by atoms with Crippen LogP contribution >= 0.6 is 0 Å². The van der Waals surface area contributed by atoms with Crippen LogP contribution < -0.4 is 0 Å². The van der Waals surface area contributed by atoms with Crippen LogP contribution in [0.1, 0.15) is 45.7 Å². The topological polar surface area (TPSA) is 0 Å². The molecule has 0 heteroatoms. The molecule has 0 aliphatic heterocycles. The summed E-state index contributed by atoms with van der Waals surface area (Å²) >= 11 is 0. The first kappa shape index (κ1) is 25.7. The van der Waals surface area contributed by atoms with Crippen LogP contribution in [0.5, 0.6) is 0 Å². The molecule has 3 aromatic carbocycles. The van der Waals surface area contributed by atoms with Gasteiger partial charge in [-0.25, -0.2) is 0 Å². The van der Waals surface area contributed by atoms with Crippen LogP contribution in [0, 0.1) is 0 Å². The smallest absolute Gasteiger partial charge is 0.00266 e. The summed E-state index contributed by atoms with van der Waals surface area (Å²) in [5.41, 5.74) is 4.58. The molecule has 0 spiro atoms. The summed E-state index contributed by atoms with van der Waals surface area (Å²) in [5, 5.41) is 4.82. The van der Waals surface area contributed by atoms with Gasteiger partial charge in [0.2, 0.25) is 0 Å². The van der Waals surface area contributed by atoms with E-state index < -0.39 is 0 Å². The van der Waals surface area contributed by atoms with Crippen molar-refractivity contribution in [3.05, 3.63) is 122 Å². The van der Waals surface area contributed by atoms with Crippen LogP contribution in [0.2, 0.25) is 0 Å².